The summed E-state index contributed by atoms with van der Waals surface area (Å²) in [5.74, 6) is -0.658. The molecule has 0 saturated carbocycles. The van der Waals surface area contributed by atoms with Gasteiger partial charge in [0.15, 0.2) is 0 Å². The summed E-state index contributed by atoms with van der Waals surface area (Å²) in [6, 6.07) is 10.7. The first-order chi connectivity index (χ1) is 11.9. The second-order valence-electron chi connectivity index (χ2n) is 6.10. The first-order valence-electron chi connectivity index (χ1n) is 7.95. The number of hydrogen-bond acceptors (Lipinski definition) is 5. The molecular formula is C18H24N4O3. The largest absolute Gasteiger partial charge is 0.468 e. The van der Waals surface area contributed by atoms with E-state index in [4.69, 9.17) is 4.42 Å². The Balaban J connectivity index is 1.90. The maximum atomic E-state index is 12.0. The molecule has 2 rings (SSSR count). The third-order valence-electron chi connectivity index (χ3n) is 3.80. The number of likely N-dealkylation sites (N-methyl/N-ethyl adjacent to an activating group) is 1. The molecule has 2 N–H and O–H groups in total. The van der Waals surface area contributed by atoms with Crippen LogP contribution < -0.4 is 15.5 Å². The second-order valence-corrected chi connectivity index (χ2v) is 6.10. The van der Waals surface area contributed by atoms with E-state index in [1.54, 1.807) is 24.5 Å². The highest BCUT2D eigenvalue weighted by molar-refractivity contribution is 6.39. The maximum absolute atomic E-state index is 12.0. The van der Waals surface area contributed by atoms with Gasteiger partial charge in [-0.3, -0.25) is 14.5 Å². The second kappa shape index (κ2) is 8.34. The van der Waals surface area contributed by atoms with E-state index in [0.717, 1.165) is 11.4 Å². The van der Waals surface area contributed by atoms with Crippen LogP contribution in [0.15, 0.2) is 47.1 Å². The SMILES string of the molecule is CN(C)c1ccc(NC(=O)C(=O)NCC(c2ccco2)N(C)C)cc1. The molecule has 0 spiro atoms. The van der Waals surface area contributed by atoms with E-state index in [1.165, 1.54) is 0 Å². The number of benzene rings is 1. The molecule has 2 aromatic rings. The molecule has 25 heavy (non-hydrogen) atoms. The average molecular weight is 344 g/mol. The molecule has 0 aliphatic carbocycles. The summed E-state index contributed by atoms with van der Waals surface area (Å²) < 4.78 is 5.38. The summed E-state index contributed by atoms with van der Waals surface area (Å²) in [6.45, 7) is 0.270. The van der Waals surface area contributed by atoms with Crippen molar-refractivity contribution in [1.29, 1.82) is 0 Å². The Kier molecular flexibility index (Phi) is 6.19. The molecule has 2 amide bonds. The number of nitrogens with zero attached hydrogens (tertiary/aromatic N) is 2. The monoisotopic (exact) mass is 344 g/mol. The van der Waals surface area contributed by atoms with Crippen molar-refractivity contribution in [3.8, 4) is 0 Å². The van der Waals surface area contributed by atoms with Crippen LogP contribution in [0, 0.1) is 0 Å². The summed E-state index contributed by atoms with van der Waals surface area (Å²) in [6.07, 6.45) is 1.58. The van der Waals surface area contributed by atoms with E-state index in [2.05, 4.69) is 10.6 Å². The van der Waals surface area contributed by atoms with Gasteiger partial charge < -0.3 is 20.0 Å². The smallest absolute Gasteiger partial charge is 0.313 e. The van der Waals surface area contributed by atoms with Crippen LogP contribution in [0.4, 0.5) is 11.4 Å². The van der Waals surface area contributed by atoms with E-state index < -0.39 is 11.8 Å². The number of amides is 2. The Morgan fingerprint density at radius 1 is 1.04 bits per heavy atom. The van der Waals surface area contributed by atoms with Crippen LogP contribution in [0.1, 0.15) is 11.8 Å². The number of nitrogens with one attached hydrogen (secondary N) is 2. The van der Waals surface area contributed by atoms with Crippen LogP contribution >= 0.6 is 0 Å². The van der Waals surface area contributed by atoms with Gasteiger partial charge in [-0.15, -0.1) is 0 Å². The van der Waals surface area contributed by atoms with Gasteiger partial charge in [-0.1, -0.05) is 0 Å². The number of rotatable bonds is 6. The van der Waals surface area contributed by atoms with Crippen molar-refractivity contribution in [1.82, 2.24) is 10.2 Å². The van der Waals surface area contributed by atoms with Crippen LogP contribution in [0.2, 0.25) is 0 Å². The Morgan fingerprint density at radius 2 is 1.72 bits per heavy atom. The lowest BCUT2D eigenvalue weighted by molar-refractivity contribution is -0.136. The van der Waals surface area contributed by atoms with E-state index in [0.29, 0.717) is 5.69 Å². The molecule has 134 valence electrons. The minimum absolute atomic E-state index is 0.147. The van der Waals surface area contributed by atoms with Crippen molar-refractivity contribution in [3.05, 3.63) is 48.4 Å². The van der Waals surface area contributed by atoms with Crippen molar-refractivity contribution < 1.29 is 14.0 Å². The van der Waals surface area contributed by atoms with Gasteiger partial charge in [0.25, 0.3) is 0 Å². The fourth-order valence-corrected chi connectivity index (χ4v) is 2.32. The molecule has 0 aliphatic rings. The minimum Gasteiger partial charge on any atom is -0.468 e. The predicted molar refractivity (Wildman–Crippen MR) is 97.5 cm³/mol. The van der Waals surface area contributed by atoms with Crippen molar-refractivity contribution >= 4 is 23.2 Å². The van der Waals surface area contributed by atoms with E-state index in [1.807, 2.05) is 56.2 Å². The van der Waals surface area contributed by atoms with Gasteiger partial charge in [-0.2, -0.15) is 0 Å². The van der Waals surface area contributed by atoms with Gasteiger partial charge >= 0.3 is 11.8 Å². The topological polar surface area (TPSA) is 77.8 Å². The molecule has 0 radical (unpaired) electrons. The predicted octanol–water partition coefficient (Wildman–Crippen LogP) is 1.70. The number of hydrogen-bond donors (Lipinski definition) is 2. The highest BCUT2D eigenvalue weighted by Crippen LogP contribution is 2.18. The van der Waals surface area contributed by atoms with Gasteiger partial charge in [-0.25, -0.2) is 0 Å². The third-order valence-corrected chi connectivity index (χ3v) is 3.80. The highest BCUT2D eigenvalue weighted by atomic mass is 16.3. The molecule has 1 unspecified atom stereocenters. The molecule has 0 bridgehead atoms. The molecule has 0 saturated heterocycles. The fraction of sp³-hybridized carbons (Fsp3) is 0.333. The first kappa shape index (κ1) is 18.5. The molecule has 1 atom stereocenters. The number of carbonyl (C=O) groups is 2. The van der Waals surface area contributed by atoms with Gasteiger partial charge in [0.05, 0.1) is 12.3 Å². The Labute approximate surface area is 147 Å². The zero-order valence-electron chi connectivity index (χ0n) is 14.9. The van der Waals surface area contributed by atoms with Crippen LogP contribution in [0.25, 0.3) is 0 Å². The fourth-order valence-electron chi connectivity index (χ4n) is 2.32. The lowest BCUT2D eigenvalue weighted by Gasteiger charge is -2.22. The van der Waals surface area contributed by atoms with Crippen molar-refractivity contribution in [2.75, 3.05) is 45.0 Å². The van der Waals surface area contributed by atoms with E-state index in [9.17, 15) is 9.59 Å². The summed E-state index contributed by atoms with van der Waals surface area (Å²) in [5, 5.41) is 5.23. The standard InChI is InChI=1S/C18H24N4O3/c1-21(2)14-9-7-13(8-10-14)20-18(24)17(23)19-12-15(22(3)4)16-6-5-11-25-16/h5-11,15H,12H2,1-4H3,(H,19,23)(H,20,24). The number of anilines is 2. The maximum Gasteiger partial charge on any atom is 0.313 e. The lowest BCUT2D eigenvalue weighted by Crippen LogP contribution is -2.40. The zero-order chi connectivity index (χ0) is 18.4. The molecular weight excluding hydrogens is 320 g/mol. The highest BCUT2D eigenvalue weighted by Gasteiger charge is 2.20. The van der Waals surface area contributed by atoms with Crippen molar-refractivity contribution in [2.45, 2.75) is 6.04 Å². The molecule has 1 aromatic heterocycles. The van der Waals surface area contributed by atoms with Crippen LogP contribution in [-0.4, -0.2) is 51.4 Å². The van der Waals surface area contributed by atoms with Gasteiger partial charge in [-0.05, 0) is 50.5 Å². The molecule has 7 nitrogen and oxygen atoms in total. The van der Waals surface area contributed by atoms with Gasteiger partial charge in [0, 0.05) is 32.0 Å². The molecule has 0 fully saturated rings. The minimum atomic E-state index is -0.699. The van der Waals surface area contributed by atoms with Crippen LogP contribution in [0.3, 0.4) is 0 Å². The van der Waals surface area contributed by atoms with Crippen molar-refractivity contribution in [2.24, 2.45) is 0 Å². The van der Waals surface area contributed by atoms with Crippen LogP contribution in [-0.2, 0) is 9.59 Å². The summed E-state index contributed by atoms with van der Waals surface area (Å²) in [5.41, 5.74) is 1.58. The quantitative estimate of drug-likeness (QED) is 0.780. The normalized spacial score (nSPS) is 11.9. The molecule has 1 heterocycles. The molecule has 1 aromatic carbocycles. The van der Waals surface area contributed by atoms with Crippen molar-refractivity contribution in [3.63, 3.8) is 0 Å². The first-order valence-corrected chi connectivity index (χ1v) is 7.95. The Bertz CT molecular complexity index is 694. The third kappa shape index (κ3) is 5.09. The molecule has 0 aliphatic heterocycles. The summed E-state index contributed by atoms with van der Waals surface area (Å²) in [7, 11) is 7.62. The molecule has 7 heteroatoms. The Hall–Kier alpha value is -2.80. The lowest BCUT2D eigenvalue weighted by atomic mass is 10.2. The van der Waals surface area contributed by atoms with E-state index >= 15 is 0 Å². The van der Waals surface area contributed by atoms with Crippen LogP contribution in [0.5, 0.6) is 0 Å². The van der Waals surface area contributed by atoms with Gasteiger partial charge in [0.2, 0.25) is 0 Å². The average Bonchev–Trinajstić information content (AvgIpc) is 3.09. The van der Waals surface area contributed by atoms with Gasteiger partial charge in [0.1, 0.15) is 5.76 Å². The summed E-state index contributed by atoms with van der Waals surface area (Å²) >= 11 is 0. The number of furan rings is 1. The zero-order valence-corrected chi connectivity index (χ0v) is 14.9. The van der Waals surface area contributed by atoms with E-state index in [-0.39, 0.29) is 12.6 Å². The summed E-state index contributed by atoms with van der Waals surface area (Å²) in [4.78, 5) is 27.9. The Morgan fingerprint density at radius 3 is 2.24 bits per heavy atom. The number of carbonyl (C=O) groups excluding carboxylic acids is 2.